The van der Waals surface area contributed by atoms with Gasteiger partial charge in [-0.1, -0.05) is 31.2 Å². The van der Waals surface area contributed by atoms with Crippen molar-refractivity contribution in [3.8, 4) is 16.8 Å². The van der Waals surface area contributed by atoms with E-state index < -0.39 is 6.09 Å². The van der Waals surface area contributed by atoms with Crippen molar-refractivity contribution in [2.45, 2.75) is 26.7 Å². The fourth-order valence-electron chi connectivity index (χ4n) is 3.96. The highest BCUT2D eigenvalue weighted by molar-refractivity contribution is 5.87. The third-order valence-corrected chi connectivity index (χ3v) is 5.75. The fraction of sp³-hybridized carbons (Fsp3) is 0.185. The van der Waals surface area contributed by atoms with E-state index in [-0.39, 0.29) is 5.43 Å². The van der Waals surface area contributed by atoms with Gasteiger partial charge in [0.05, 0.1) is 11.4 Å². The van der Waals surface area contributed by atoms with Gasteiger partial charge in [-0.2, -0.15) is 5.10 Å². The van der Waals surface area contributed by atoms with Crippen LogP contribution in [0.15, 0.2) is 84.0 Å². The maximum Gasteiger partial charge on any atom is 0.411 e. The summed E-state index contributed by atoms with van der Waals surface area (Å²) in [5.41, 5.74) is 5.47. The van der Waals surface area contributed by atoms with Crippen molar-refractivity contribution in [1.82, 2.24) is 14.8 Å². The quantitative estimate of drug-likeness (QED) is 0.420. The molecule has 2 aromatic carbocycles. The Balaban J connectivity index is 1.68. The highest BCUT2D eigenvalue weighted by atomic mass is 16.4. The summed E-state index contributed by atoms with van der Waals surface area (Å²) >= 11 is 0. The number of carboxylic acid groups (broad SMARTS) is 1. The first-order valence-corrected chi connectivity index (χ1v) is 11.2. The number of nitrogens with zero attached hydrogens (tertiary/aromatic N) is 4. The van der Waals surface area contributed by atoms with E-state index in [4.69, 9.17) is 0 Å². The Morgan fingerprint density at radius 2 is 1.79 bits per heavy atom. The molecule has 4 aromatic rings. The van der Waals surface area contributed by atoms with Crippen LogP contribution in [0.3, 0.4) is 0 Å². The highest BCUT2D eigenvalue weighted by Crippen LogP contribution is 2.25. The zero-order valence-electron chi connectivity index (χ0n) is 19.2. The van der Waals surface area contributed by atoms with Gasteiger partial charge in [0, 0.05) is 37.6 Å². The molecule has 1 N–H and O–H groups in total. The summed E-state index contributed by atoms with van der Waals surface area (Å²) in [4.78, 5) is 29.8. The van der Waals surface area contributed by atoms with Crippen molar-refractivity contribution < 1.29 is 9.90 Å². The van der Waals surface area contributed by atoms with Crippen LogP contribution in [0.2, 0.25) is 0 Å². The molecule has 0 saturated heterocycles. The van der Waals surface area contributed by atoms with E-state index in [9.17, 15) is 14.7 Å². The average molecular weight is 455 g/mol. The molecule has 7 nitrogen and oxygen atoms in total. The minimum Gasteiger partial charge on any atom is -0.465 e. The Kier molecular flexibility index (Phi) is 6.82. The van der Waals surface area contributed by atoms with Gasteiger partial charge in [-0.15, -0.1) is 0 Å². The predicted octanol–water partition coefficient (Wildman–Crippen LogP) is 5.09. The topological polar surface area (TPSA) is 88.3 Å². The molecule has 0 fully saturated rings. The van der Waals surface area contributed by atoms with E-state index in [1.54, 1.807) is 29.3 Å². The normalized spacial score (nSPS) is 10.8. The summed E-state index contributed by atoms with van der Waals surface area (Å²) in [6.07, 6.45) is 5.19. The SMILES string of the molecule is CCCN(C(=O)O)c1cccc(Cc2nn(-c3cccc(-c4ccncc4)c3)ccc2=O)c1C. The third-order valence-electron chi connectivity index (χ3n) is 5.75. The van der Waals surface area contributed by atoms with E-state index >= 15 is 0 Å². The number of aromatic nitrogens is 3. The van der Waals surface area contributed by atoms with Crippen LogP contribution in [0, 0.1) is 6.92 Å². The van der Waals surface area contributed by atoms with Crippen LogP contribution in [-0.4, -0.2) is 32.5 Å². The van der Waals surface area contributed by atoms with Crippen molar-refractivity contribution >= 4 is 11.8 Å². The molecular weight excluding hydrogens is 428 g/mol. The number of hydrogen-bond acceptors (Lipinski definition) is 4. The molecule has 0 saturated carbocycles. The van der Waals surface area contributed by atoms with Gasteiger partial charge >= 0.3 is 6.09 Å². The number of pyridine rings is 1. The zero-order chi connectivity index (χ0) is 24.1. The molecule has 1 amide bonds. The third kappa shape index (κ3) is 4.88. The standard InChI is InChI=1S/C27H26N4O3/c1-3-15-30(27(33)34)25-9-5-6-21(19(25)2)18-24-26(32)12-16-31(29-24)23-8-4-7-22(17-23)20-10-13-28-14-11-20/h4-14,16-17H,3,15,18H2,1-2H3,(H,33,34). The molecule has 0 aliphatic rings. The molecule has 0 unspecified atom stereocenters. The van der Waals surface area contributed by atoms with Gasteiger partial charge in [-0.05, 0) is 65.9 Å². The van der Waals surface area contributed by atoms with Crippen LogP contribution < -0.4 is 10.3 Å². The summed E-state index contributed by atoms with van der Waals surface area (Å²) in [6, 6.07) is 18.8. The maximum absolute atomic E-state index is 12.6. The van der Waals surface area contributed by atoms with Crippen molar-refractivity contribution in [1.29, 1.82) is 0 Å². The van der Waals surface area contributed by atoms with Crippen LogP contribution in [0.5, 0.6) is 0 Å². The van der Waals surface area contributed by atoms with Crippen LogP contribution in [-0.2, 0) is 6.42 Å². The number of rotatable bonds is 7. The predicted molar refractivity (Wildman–Crippen MR) is 133 cm³/mol. The maximum atomic E-state index is 12.6. The van der Waals surface area contributed by atoms with Gasteiger partial charge in [0.25, 0.3) is 0 Å². The molecule has 0 aliphatic heterocycles. The Hall–Kier alpha value is -4.26. The van der Waals surface area contributed by atoms with E-state index in [2.05, 4.69) is 10.1 Å². The molecule has 0 spiro atoms. The molecule has 0 radical (unpaired) electrons. The first kappa shape index (κ1) is 22.9. The van der Waals surface area contributed by atoms with Gasteiger partial charge in [0.15, 0.2) is 0 Å². The van der Waals surface area contributed by atoms with E-state index in [0.29, 0.717) is 30.8 Å². The lowest BCUT2D eigenvalue weighted by Crippen LogP contribution is -2.30. The minimum absolute atomic E-state index is 0.157. The van der Waals surface area contributed by atoms with Crippen molar-refractivity contribution in [3.63, 3.8) is 0 Å². The molecular formula is C27H26N4O3. The molecule has 172 valence electrons. The first-order chi connectivity index (χ1) is 16.5. The molecule has 7 heteroatoms. The van der Waals surface area contributed by atoms with Crippen LogP contribution in [0.4, 0.5) is 10.5 Å². The summed E-state index contributed by atoms with van der Waals surface area (Å²) in [7, 11) is 0. The lowest BCUT2D eigenvalue weighted by atomic mass is 10.0. The van der Waals surface area contributed by atoms with Crippen LogP contribution in [0.25, 0.3) is 16.8 Å². The van der Waals surface area contributed by atoms with Gasteiger partial charge in [-0.3, -0.25) is 14.7 Å². The van der Waals surface area contributed by atoms with E-state index in [1.165, 1.54) is 11.0 Å². The number of amides is 1. The summed E-state index contributed by atoms with van der Waals surface area (Å²) in [5.74, 6) is 0. The molecule has 2 heterocycles. The number of benzene rings is 2. The fourth-order valence-corrected chi connectivity index (χ4v) is 3.96. The average Bonchev–Trinajstić information content (AvgIpc) is 2.86. The molecule has 34 heavy (non-hydrogen) atoms. The summed E-state index contributed by atoms with van der Waals surface area (Å²) in [6.45, 7) is 4.23. The van der Waals surface area contributed by atoms with Crippen LogP contribution >= 0.6 is 0 Å². The largest absolute Gasteiger partial charge is 0.465 e. The molecule has 0 atom stereocenters. The zero-order valence-corrected chi connectivity index (χ0v) is 19.2. The molecule has 0 aliphatic carbocycles. The van der Waals surface area contributed by atoms with Gasteiger partial charge in [0.2, 0.25) is 5.43 Å². The molecule has 2 aromatic heterocycles. The van der Waals surface area contributed by atoms with Crippen molar-refractivity contribution in [3.05, 3.63) is 106 Å². The Labute approximate surface area is 198 Å². The monoisotopic (exact) mass is 454 g/mol. The second-order valence-corrected chi connectivity index (χ2v) is 8.03. The van der Waals surface area contributed by atoms with E-state index in [0.717, 1.165) is 27.9 Å². The lowest BCUT2D eigenvalue weighted by molar-refractivity contribution is 0.201. The van der Waals surface area contributed by atoms with Gasteiger partial charge in [-0.25, -0.2) is 9.48 Å². The second kappa shape index (κ2) is 10.1. The van der Waals surface area contributed by atoms with Gasteiger partial charge in [0.1, 0.15) is 5.69 Å². The van der Waals surface area contributed by atoms with E-state index in [1.807, 2.05) is 62.4 Å². The highest BCUT2D eigenvalue weighted by Gasteiger charge is 2.18. The Morgan fingerprint density at radius 1 is 1.03 bits per heavy atom. The number of hydrogen-bond donors (Lipinski definition) is 1. The Bertz CT molecular complexity index is 1370. The molecule has 4 rings (SSSR count). The number of anilines is 1. The molecule has 0 bridgehead atoms. The van der Waals surface area contributed by atoms with Crippen LogP contribution in [0.1, 0.15) is 30.2 Å². The van der Waals surface area contributed by atoms with Crippen molar-refractivity contribution in [2.75, 3.05) is 11.4 Å². The number of carbonyl (C=O) groups is 1. The minimum atomic E-state index is -0.989. The summed E-state index contributed by atoms with van der Waals surface area (Å²) in [5, 5.41) is 14.3. The smallest absolute Gasteiger partial charge is 0.411 e. The van der Waals surface area contributed by atoms with Gasteiger partial charge < -0.3 is 5.11 Å². The summed E-state index contributed by atoms with van der Waals surface area (Å²) < 4.78 is 1.70. The first-order valence-electron chi connectivity index (χ1n) is 11.2. The lowest BCUT2D eigenvalue weighted by Gasteiger charge is -2.22. The van der Waals surface area contributed by atoms with Crippen molar-refractivity contribution in [2.24, 2.45) is 0 Å². The second-order valence-electron chi connectivity index (χ2n) is 8.03. The Morgan fingerprint density at radius 3 is 2.53 bits per heavy atom.